The molecule has 0 unspecified atom stereocenters. The third kappa shape index (κ3) is 5.14. The Balaban J connectivity index is 2.50. The number of hydrogen-bond donors (Lipinski definition) is 1. The number of Topliss-reactive ketones (excluding diaryl/α,β-unsaturated/α-hetero) is 1. The highest BCUT2D eigenvalue weighted by atomic mass is 16.5. The van der Waals surface area contributed by atoms with Crippen LogP contribution in [0.1, 0.15) is 31.1 Å². The zero-order valence-electron chi connectivity index (χ0n) is 11.6. The van der Waals surface area contributed by atoms with Crippen molar-refractivity contribution in [2.45, 2.75) is 26.4 Å². The molecule has 104 valence electrons. The largest absolute Gasteiger partial charge is 0.498 e. The third-order valence-electron chi connectivity index (χ3n) is 2.37. The number of aliphatic hydroxyl groups is 1. The molecular formula is C15H20O4. The molecule has 0 aliphatic carbocycles. The number of carbonyl (C=O) groups excluding carboxylic acids is 1. The molecule has 1 rings (SSSR count). The van der Waals surface area contributed by atoms with Gasteiger partial charge in [-0.1, -0.05) is 6.08 Å². The molecule has 0 aromatic heterocycles. The predicted molar refractivity (Wildman–Crippen MR) is 73.3 cm³/mol. The van der Waals surface area contributed by atoms with Crippen LogP contribution in [-0.4, -0.2) is 29.7 Å². The molecule has 0 saturated carbocycles. The average molecular weight is 264 g/mol. The summed E-state index contributed by atoms with van der Waals surface area (Å²) < 4.78 is 10.6. The highest BCUT2D eigenvalue weighted by Crippen LogP contribution is 2.17. The predicted octanol–water partition coefficient (Wildman–Crippen LogP) is 2.57. The lowest BCUT2D eigenvalue weighted by Crippen LogP contribution is -2.30. The first-order valence-electron chi connectivity index (χ1n) is 6.18. The summed E-state index contributed by atoms with van der Waals surface area (Å²) >= 11 is 0. The molecule has 0 aliphatic heterocycles. The van der Waals surface area contributed by atoms with E-state index in [4.69, 9.17) is 9.47 Å². The molecule has 0 bridgehead atoms. The lowest BCUT2D eigenvalue weighted by atomic mass is 9.97. The quantitative estimate of drug-likeness (QED) is 0.467. The van der Waals surface area contributed by atoms with Crippen LogP contribution in [-0.2, 0) is 4.74 Å². The maximum absolute atomic E-state index is 11.8. The first-order chi connectivity index (χ1) is 8.95. The zero-order chi connectivity index (χ0) is 14.3. The second-order valence-corrected chi connectivity index (χ2v) is 4.60. The first-order valence-corrected chi connectivity index (χ1v) is 6.18. The molecule has 0 radical (unpaired) electrons. The van der Waals surface area contributed by atoms with Gasteiger partial charge in [-0.05, 0) is 45.0 Å². The highest BCUT2D eigenvalue weighted by molar-refractivity contribution is 6.01. The van der Waals surface area contributed by atoms with Crippen molar-refractivity contribution in [3.05, 3.63) is 42.2 Å². The molecule has 19 heavy (non-hydrogen) atoms. The molecule has 0 heterocycles. The summed E-state index contributed by atoms with van der Waals surface area (Å²) in [5.41, 5.74) is -0.895. The lowest BCUT2D eigenvalue weighted by molar-refractivity contribution is 0.0488. The number of rotatable bonds is 7. The maximum atomic E-state index is 11.8. The van der Waals surface area contributed by atoms with Crippen molar-refractivity contribution in [2.24, 2.45) is 0 Å². The maximum Gasteiger partial charge on any atom is 0.193 e. The van der Waals surface area contributed by atoms with Crippen LogP contribution in [0.2, 0.25) is 0 Å². The number of benzene rings is 1. The van der Waals surface area contributed by atoms with Gasteiger partial charge < -0.3 is 14.6 Å². The minimum Gasteiger partial charge on any atom is -0.498 e. The van der Waals surface area contributed by atoms with E-state index in [9.17, 15) is 9.90 Å². The standard InChI is InChI=1S/C15H20O4/c1-4-9-18-10-11-19-13-7-5-12(6-8-13)14(16)15(2,3)17/h4-9,17H,10-11H2,1-3H3. The second-order valence-electron chi connectivity index (χ2n) is 4.60. The van der Waals surface area contributed by atoms with Crippen molar-refractivity contribution in [3.8, 4) is 5.75 Å². The molecule has 0 fully saturated rings. The van der Waals surface area contributed by atoms with E-state index in [1.165, 1.54) is 13.8 Å². The van der Waals surface area contributed by atoms with Crippen LogP contribution in [0.15, 0.2) is 36.6 Å². The molecule has 1 aromatic rings. The number of carbonyl (C=O) groups is 1. The van der Waals surface area contributed by atoms with Crippen molar-refractivity contribution >= 4 is 5.78 Å². The monoisotopic (exact) mass is 264 g/mol. The second kappa shape index (κ2) is 6.95. The van der Waals surface area contributed by atoms with Crippen LogP contribution < -0.4 is 4.74 Å². The third-order valence-corrected chi connectivity index (χ3v) is 2.37. The number of hydrogen-bond acceptors (Lipinski definition) is 4. The summed E-state index contributed by atoms with van der Waals surface area (Å²) in [6.07, 6.45) is 3.41. The Hall–Kier alpha value is -1.81. The number of ketones is 1. The van der Waals surface area contributed by atoms with E-state index in [1.807, 2.05) is 6.92 Å². The summed E-state index contributed by atoms with van der Waals surface area (Å²) in [6.45, 7) is 5.72. The number of allylic oxidation sites excluding steroid dienone is 1. The van der Waals surface area contributed by atoms with Crippen molar-refractivity contribution in [3.63, 3.8) is 0 Å². The van der Waals surface area contributed by atoms with Gasteiger partial charge in [-0.15, -0.1) is 0 Å². The Kier molecular flexibility index (Phi) is 5.57. The van der Waals surface area contributed by atoms with Crippen LogP contribution >= 0.6 is 0 Å². The SMILES string of the molecule is CC=COCCOc1ccc(C(=O)C(C)(C)O)cc1. The van der Waals surface area contributed by atoms with Crippen molar-refractivity contribution in [1.82, 2.24) is 0 Å². The van der Waals surface area contributed by atoms with Crippen molar-refractivity contribution < 1.29 is 19.4 Å². The minimum absolute atomic E-state index is 0.310. The Morgan fingerprint density at radius 3 is 2.42 bits per heavy atom. The fourth-order valence-electron chi connectivity index (χ4n) is 1.43. The van der Waals surface area contributed by atoms with Crippen LogP contribution in [0.3, 0.4) is 0 Å². The van der Waals surface area contributed by atoms with Crippen molar-refractivity contribution in [1.29, 1.82) is 0 Å². The van der Waals surface area contributed by atoms with E-state index in [-0.39, 0.29) is 5.78 Å². The van der Waals surface area contributed by atoms with E-state index in [1.54, 1.807) is 36.6 Å². The molecule has 0 amide bonds. The van der Waals surface area contributed by atoms with Gasteiger partial charge in [0, 0.05) is 5.56 Å². The Morgan fingerprint density at radius 1 is 1.26 bits per heavy atom. The van der Waals surface area contributed by atoms with Gasteiger partial charge in [0.25, 0.3) is 0 Å². The van der Waals surface area contributed by atoms with Gasteiger partial charge in [-0.3, -0.25) is 4.79 Å². The molecule has 4 nitrogen and oxygen atoms in total. The molecule has 0 atom stereocenters. The molecule has 4 heteroatoms. The topological polar surface area (TPSA) is 55.8 Å². The van der Waals surface area contributed by atoms with Gasteiger partial charge in [-0.25, -0.2) is 0 Å². The smallest absolute Gasteiger partial charge is 0.193 e. The molecule has 0 spiro atoms. The molecule has 0 aliphatic rings. The van der Waals surface area contributed by atoms with E-state index in [2.05, 4.69) is 0 Å². The zero-order valence-corrected chi connectivity index (χ0v) is 11.6. The van der Waals surface area contributed by atoms with E-state index in [0.717, 1.165) is 0 Å². The summed E-state index contributed by atoms with van der Waals surface area (Å²) in [5.74, 6) is 0.354. The van der Waals surface area contributed by atoms with Gasteiger partial charge in [0.1, 0.15) is 24.6 Å². The lowest BCUT2D eigenvalue weighted by Gasteiger charge is -2.15. The van der Waals surface area contributed by atoms with E-state index < -0.39 is 5.60 Å². The van der Waals surface area contributed by atoms with Gasteiger partial charge in [0.2, 0.25) is 0 Å². The van der Waals surface area contributed by atoms with Gasteiger partial charge >= 0.3 is 0 Å². The first kappa shape index (κ1) is 15.2. The van der Waals surface area contributed by atoms with Gasteiger partial charge in [0.15, 0.2) is 5.78 Å². The molecule has 1 N–H and O–H groups in total. The Labute approximate surface area is 113 Å². The van der Waals surface area contributed by atoms with Gasteiger partial charge in [-0.2, -0.15) is 0 Å². The Morgan fingerprint density at radius 2 is 1.89 bits per heavy atom. The van der Waals surface area contributed by atoms with Crippen LogP contribution in [0.4, 0.5) is 0 Å². The normalized spacial score (nSPS) is 11.6. The molecular weight excluding hydrogens is 244 g/mol. The summed E-state index contributed by atoms with van der Waals surface area (Å²) in [4.78, 5) is 11.8. The fraction of sp³-hybridized carbons (Fsp3) is 0.400. The van der Waals surface area contributed by atoms with Crippen LogP contribution in [0, 0.1) is 0 Å². The highest BCUT2D eigenvalue weighted by Gasteiger charge is 2.24. The van der Waals surface area contributed by atoms with Crippen molar-refractivity contribution in [2.75, 3.05) is 13.2 Å². The summed E-state index contributed by atoms with van der Waals surface area (Å²) in [7, 11) is 0. The summed E-state index contributed by atoms with van der Waals surface area (Å²) in [5, 5.41) is 9.63. The average Bonchev–Trinajstić information content (AvgIpc) is 2.37. The Bertz CT molecular complexity index is 426. The van der Waals surface area contributed by atoms with Crippen LogP contribution in [0.5, 0.6) is 5.75 Å². The molecule has 0 saturated heterocycles. The minimum atomic E-state index is -1.36. The number of ether oxygens (including phenoxy) is 2. The molecule has 1 aromatic carbocycles. The van der Waals surface area contributed by atoms with Crippen LogP contribution in [0.25, 0.3) is 0 Å². The van der Waals surface area contributed by atoms with E-state index >= 15 is 0 Å². The summed E-state index contributed by atoms with van der Waals surface area (Å²) in [6, 6.07) is 6.69. The van der Waals surface area contributed by atoms with E-state index in [0.29, 0.717) is 24.5 Å². The fourth-order valence-corrected chi connectivity index (χ4v) is 1.43. The van der Waals surface area contributed by atoms with Gasteiger partial charge in [0.05, 0.1) is 6.26 Å².